The summed E-state index contributed by atoms with van der Waals surface area (Å²) in [7, 11) is 2.66. The molecule has 2 saturated heterocycles. The fourth-order valence-electron chi connectivity index (χ4n) is 13.4. The summed E-state index contributed by atoms with van der Waals surface area (Å²) in [5.41, 5.74) is 13.2. The van der Waals surface area contributed by atoms with Gasteiger partial charge in [0.15, 0.2) is 0 Å². The SMILES string of the molecule is CCc1ccc(CCc2cc(-c3ccc4nc([C@@H]5CC6CCCCC6N5C(=O)C(NC(=O)OC)C(C)C)[nH]c4c3)c(CC)cc2-c2ccc3nc([C@@H]4CC5CCCCC5N4C(=O)C(NC(=O)OC)C(C)C)[nH]c3c2)cc1. The maximum atomic E-state index is 14.6. The summed E-state index contributed by atoms with van der Waals surface area (Å²) in [5.74, 6) is 1.91. The zero-order valence-corrected chi connectivity index (χ0v) is 45.8. The summed E-state index contributed by atoms with van der Waals surface area (Å²) in [6.45, 7) is 12.3. The minimum atomic E-state index is -0.712. The first-order valence-electron chi connectivity index (χ1n) is 28.3. The first-order valence-corrected chi connectivity index (χ1v) is 28.3. The van der Waals surface area contributed by atoms with Crippen LogP contribution in [0.2, 0.25) is 0 Å². The Hall–Kier alpha value is -6.70. The van der Waals surface area contributed by atoms with E-state index in [1.165, 1.54) is 47.6 Å². The number of carbonyl (C=O) groups is 4. The molecule has 4 amide bonds. The van der Waals surface area contributed by atoms with Crippen molar-refractivity contribution in [3.8, 4) is 22.3 Å². The Morgan fingerprint density at radius 2 is 1.03 bits per heavy atom. The van der Waals surface area contributed by atoms with Gasteiger partial charge in [0, 0.05) is 12.1 Å². The molecule has 4 N–H and O–H groups in total. The minimum Gasteiger partial charge on any atom is -0.453 e. The number of hydrogen-bond acceptors (Lipinski definition) is 8. The molecule has 14 nitrogen and oxygen atoms in total. The minimum absolute atomic E-state index is 0.0781. The molecule has 2 aliphatic carbocycles. The van der Waals surface area contributed by atoms with E-state index in [1.807, 2.05) is 37.5 Å². The van der Waals surface area contributed by atoms with E-state index in [-0.39, 0.29) is 47.8 Å². The summed E-state index contributed by atoms with van der Waals surface area (Å²) in [6, 6.07) is 25.1. The van der Waals surface area contributed by atoms with Crippen LogP contribution in [-0.4, -0.2) is 92.1 Å². The maximum absolute atomic E-state index is 14.6. The van der Waals surface area contributed by atoms with Crippen molar-refractivity contribution in [3.05, 3.63) is 107 Å². The van der Waals surface area contributed by atoms with E-state index in [0.717, 1.165) is 135 Å². The van der Waals surface area contributed by atoms with Crippen LogP contribution < -0.4 is 10.6 Å². The van der Waals surface area contributed by atoms with Crippen molar-refractivity contribution in [1.29, 1.82) is 0 Å². The lowest BCUT2D eigenvalue weighted by atomic mass is 9.84. The fraction of sp³-hybridized carbons (Fsp3) is 0.516. The number of fused-ring (bicyclic) bond motifs is 4. The van der Waals surface area contributed by atoms with E-state index in [4.69, 9.17) is 19.4 Å². The number of hydrogen-bond donors (Lipinski definition) is 4. The van der Waals surface area contributed by atoms with E-state index < -0.39 is 24.3 Å². The lowest BCUT2D eigenvalue weighted by Gasteiger charge is -2.36. The number of benzene rings is 4. The van der Waals surface area contributed by atoms with Gasteiger partial charge >= 0.3 is 12.2 Å². The Balaban J connectivity index is 0.999. The van der Waals surface area contributed by atoms with E-state index in [1.54, 1.807) is 0 Å². The third-order valence-electron chi connectivity index (χ3n) is 17.5. The van der Waals surface area contributed by atoms with E-state index in [2.05, 4.69) is 107 Å². The zero-order valence-electron chi connectivity index (χ0n) is 45.8. The summed E-state index contributed by atoms with van der Waals surface area (Å²) >= 11 is 0. The quantitative estimate of drug-likeness (QED) is 0.0786. The largest absolute Gasteiger partial charge is 0.453 e. The van der Waals surface area contributed by atoms with Gasteiger partial charge < -0.3 is 39.9 Å². The molecule has 4 aliphatic rings. The monoisotopic (exact) mass is 1030 g/mol. The van der Waals surface area contributed by atoms with Crippen LogP contribution in [0.3, 0.4) is 0 Å². The van der Waals surface area contributed by atoms with Gasteiger partial charge in [0.1, 0.15) is 23.7 Å². The number of nitrogens with zero attached hydrogens (tertiary/aromatic N) is 4. The van der Waals surface area contributed by atoms with E-state index >= 15 is 0 Å². The highest BCUT2D eigenvalue weighted by Gasteiger charge is 2.50. The smallest absolute Gasteiger partial charge is 0.407 e. The predicted octanol–water partition coefficient (Wildman–Crippen LogP) is 12.1. The molecule has 4 aromatic carbocycles. The van der Waals surface area contributed by atoms with Gasteiger partial charge in [-0.05, 0) is 157 Å². The van der Waals surface area contributed by atoms with Crippen LogP contribution in [0.5, 0.6) is 0 Å². The molecule has 0 spiro atoms. The number of amides is 4. The molecule has 6 aromatic rings. The Labute approximate surface area is 447 Å². The molecule has 0 radical (unpaired) electrons. The second-order valence-corrected chi connectivity index (χ2v) is 22.8. The molecule has 4 fully saturated rings. The van der Waals surface area contributed by atoms with Crippen molar-refractivity contribution in [2.75, 3.05) is 14.2 Å². The van der Waals surface area contributed by atoms with Gasteiger partial charge in [0.2, 0.25) is 11.8 Å². The molecule has 4 heterocycles. The number of ether oxygens (including phenoxy) is 2. The normalized spacial score (nSPS) is 22.2. The summed E-state index contributed by atoms with van der Waals surface area (Å²) < 4.78 is 9.91. The Morgan fingerprint density at radius 3 is 1.47 bits per heavy atom. The number of nitrogens with one attached hydrogen (secondary N) is 4. The van der Waals surface area contributed by atoms with Gasteiger partial charge in [-0.15, -0.1) is 0 Å². The zero-order chi connectivity index (χ0) is 53.4. The first-order chi connectivity index (χ1) is 36.8. The number of rotatable bonds is 15. The lowest BCUT2D eigenvalue weighted by molar-refractivity contribution is -0.139. The summed E-state index contributed by atoms with van der Waals surface area (Å²) in [4.78, 5) is 76.1. The van der Waals surface area contributed by atoms with E-state index in [9.17, 15) is 19.2 Å². The standard InChI is InChI=1S/C62H78N8O6/c1-9-37-19-21-38(22-20-37)23-24-40-30-45(41-25-27-47-49(31-41)65-57(63-47)53-33-43-15-11-13-17-51(43)69(53)59(71)55(35(3)4)67-61(73)75-7)39(10-2)29-46(40)42-26-28-48-50(32-42)66-58(64-48)54-34-44-16-12-14-18-52(44)70(54)60(72)56(36(5)6)68-62(74)76-8/h19-22,25-32,35-36,43-44,51-56H,9-18,23-24,33-34H2,1-8H3,(H,63,65)(H,64,66)(H,67,73)(H,68,74)/t43?,44?,51?,52?,53-,54-,55?,56?/m0/s1. The average Bonchev–Trinajstić information content (AvgIpc) is 4.28. The third-order valence-corrected chi connectivity index (χ3v) is 17.5. The first kappa shape index (κ1) is 52.7. The highest BCUT2D eigenvalue weighted by atomic mass is 16.5. The van der Waals surface area contributed by atoms with Gasteiger partial charge in [-0.2, -0.15) is 0 Å². The van der Waals surface area contributed by atoms with Crippen LogP contribution in [0.25, 0.3) is 44.3 Å². The number of alkyl carbamates (subject to hydrolysis) is 2. The molecule has 8 atom stereocenters. The second kappa shape index (κ2) is 22.5. The Bertz CT molecular complexity index is 3090. The maximum Gasteiger partial charge on any atom is 0.407 e. The molecule has 14 heteroatoms. The molecule has 10 rings (SSSR count). The van der Waals surface area contributed by atoms with E-state index in [0.29, 0.717) is 11.8 Å². The molecule has 6 unspecified atom stereocenters. The highest BCUT2D eigenvalue weighted by Crippen LogP contribution is 2.48. The van der Waals surface area contributed by atoms with Crippen LogP contribution >= 0.6 is 0 Å². The molecule has 76 heavy (non-hydrogen) atoms. The van der Waals surface area contributed by atoms with Crippen molar-refractivity contribution < 1.29 is 28.7 Å². The van der Waals surface area contributed by atoms with Gasteiger partial charge in [-0.25, -0.2) is 19.6 Å². The van der Waals surface area contributed by atoms with Gasteiger partial charge in [-0.3, -0.25) is 9.59 Å². The second-order valence-electron chi connectivity index (χ2n) is 22.8. The molecular weight excluding hydrogens is 953 g/mol. The average molecular weight is 1030 g/mol. The highest BCUT2D eigenvalue weighted by molar-refractivity contribution is 5.90. The summed E-state index contributed by atoms with van der Waals surface area (Å²) in [6.07, 6.45) is 12.5. The number of aryl methyl sites for hydroxylation is 4. The van der Waals surface area contributed by atoms with Crippen LogP contribution in [-0.2, 0) is 44.7 Å². The van der Waals surface area contributed by atoms with Crippen molar-refractivity contribution >= 4 is 46.1 Å². The molecule has 2 aliphatic heterocycles. The number of H-pyrrole nitrogens is 2. The number of likely N-dealkylation sites (tertiary alicyclic amines) is 2. The molecule has 0 bridgehead atoms. The Morgan fingerprint density at radius 1 is 0.579 bits per heavy atom. The predicted molar refractivity (Wildman–Crippen MR) is 297 cm³/mol. The van der Waals surface area contributed by atoms with Crippen LogP contribution in [0.4, 0.5) is 9.59 Å². The number of carbonyl (C=O) groups excluding carboxylic acids is 4. The lowest BCUT2D eigenvalue weighted by Crippen LogP contribution is -2.53. The fourth-order valence-corrected chi connectivity index (χ4v) is 13.4. The van der Waals surface area contributed by atoms with Gasteiger partial charge in [-0.1, -0.05) is 116 Å². The number of aromatic nitrogens is 4. The summed E-state index contributed by atoms with van der Waals surface area (Å²) in [5, 5.41) is 5.69. The molecular formula is C62H78N8O6. The van der Waals surface area contributed by atoms with Crippen LogP contribution in [0.1, 0.15) is 152 Å². The van der Waals surface area contributed by atoms with Crippen molar-refractivity contribution in [2.45, 2.75) is 168 Å². The topological polar surface area (TPSA) is 175 Å². The van der Waals surface area contributed by atoms with Crippen LogP contribution in [0.15, 0.2) is 72.8 Å². The van der Waals surface area contributed by atoms with Crippen molar-refractivity contribution in [1.82, 2.24) is 40.4 Å². The third kappa shape index (κ3) is 10.4. The van der Waals surface area contributed by atoms with Crippen molar-refractivity contribution in [3.63, 3.8) is 0 Å². The molecule has 2 saturated carbocycles. The van der Waals surface area contributed by atoms with Gasteiger partial charge in [0.25, 0.3) is 0 Å². The number of aromatic amines is 2. The molecule has 2 aromatic heterocycles. The van der Waals surface area contributed by atoms with Gasteiger partial charge in [0.05, 0.1) is 48.4 Å². The van der Waals surface area contributed by atoms with Crippen LogP contribution in [0, 0.1) is 23.7 Å². The Kier molecular flexibility index (Phi) is 15.6. The number of methoxy groups -OCH3 is 2. The molecule has 402 valence electrons. The van der Waals surface area contributed by atoms with Crippen molar-refractivity contribution in [2.24, 2.45) is 23.7 Å². The number of imidazole rings is 2.